The van der Waals surface area contributed by atoms with E-state index in [-0.39, 0.29) is 22.5 Å². The van der Waals surface area contributed by atoms with E-state index in [0.29, 0.717) is 5.56 Å². The minimum Gasteiger partial charge on any atom is -0.508 e. The average molecular weight is 282 g/mol. The lowest BCUT2D eigenvalue weighted by atomic mass is 10.0. The Balaban J connectivity index is 2.34. The van der Waals surface area contributed by atoms with Gasteiger partial charge in [0, 0.05) is 11.6 Å². The summed E-state index contributed by atoms with van der Waals surface area (Å²) in [5.41, 5.74) is 2.50. The van der Waals surface area contributed by atoms with Crippen LogP contribution in [-0.2, 0) is 0 Å². The minimum absolute atomic E-state index is 0.00220. The van der Waals surface area contributed by atoms with Crippen LogP contribution in [0, 0.1) is 13.8 Å². The molecule has 0 aliphatic carbocycles. The van der Waals surface area contributed by atoms with Crippen LogP contribution >= 0.6 is 0 Å². The molecule has 21 heavy (non-hydrogen) atoms. The van der Waals surface area contributed by atoms with E-state index in [0.717, 1.165) is 11.1 Å². The number of benzene rings is 2. The molecule has 3 rings (SSSR count). The molecule has 4 heteroatoms. The molecular formula is C17H14O4. The molecule has 106 valence electrons. The van der Waals surface area contributed by atoms with Gasteiger partial charge in [-0.05, 0) is 43.2 Å². The van der Waals surface area contributed by atoms with Crippen molar-refractivity contribution in [3.8, 4) is 22.8 Å². The van der Waals surface area contributed by atoms with Gasteiger partial charge in [0.05, 0.1) is 5.39 Å². The fraction of sp³-hybridized carbons (Fsp3) is 0.118. The van der Waals surface area contributed by atoms with Crippen LogP contribution in [0.4, 0.5) is 0 Å². The molecule has 0 bridgehead atoms. The molecule has 0 unspecified atom stereocenters. The van der Waals surface area contributed by atoms with E-state index in [1.807, 2.05) is 26.0 Å². The Kier molecular flexibility index (Phi) is 2.94. The highest BCUT2D eigenvalue weighted by Gasteiger charge is 2.15. The summed E-state index contributed by atoms with van der Waals surface area (Å²) in [6.45, 7) is 3.93. The minimum atomic E-state index is -0.510. The lowest BCUT2D eigenvalue weighted by Crippen LogP contribution is -2.02. The third-order valence-corrected chi connectivity index (χ3v) is 3.62. The van der Waals surface area contributed by atoms with Gasteiger partial charge in [-0.1, -0.05) is 12.1 Å². The predicted molar refractivity (Wildman–Crippen MR) is 80.7 cm³/mol. The smallest absolute Gasteiger partial charge is 0.235 e. The van der Waals surface area contributed by atoms with Gasteiger partial charge >= 0.3 is 0 Å². The first-order valence-corrected chi connectivity index (χ1v) is 6.54. The van der Waals surface area contributed by atoms with E-state index >= 15 is 0 Å². The molecule has 0 atom stereocenters. The maximum absolute atomic E-state index is 12.2. The van der Waals surface area contributed by atoms with Crippen molar-refractivity contribution < 1.29 is 14.6 Å². The Bertz CT molecular complexity index is 907. The number of fused-ring (bicyclic) bond motifs is 1. The van der Waals surface area contributed by atoms with Gasteiger partial charge in [-0.15, -0.1) is 0 Å². The molecule has 0 spiro atoms. The molecule has 0 aliphatic heterocycles. The van der Waals surface area contributed by atoms with Crippen molar-refractivity contribution in [1.29, 1.82) is 0 Å². The van der Waals surface area contributed by atoms with Gasteiger partial charge in [0.2, 0.25) is 11.2 Å². The fourth-order valence-corrected chi connectivity index (χ4v) is 2.25. The van der Waals surface area contributed by atoms with Crippen LogP contribution in [0.15, 0.2) is 45.6 Å². The zero-order chi connectivity index (χ0) is 15.1. The van der Waals surface area contributed by atoms with Crippen LogP contribution in [0.2, 0.25) is 0 Å². The van der Waals surface area contributed by atoms with Gasteiger partial charge in [0.1, 0.15) is 11.3 Å². The first-order valence-electron chi connectivity index (χ1n) is 6.54. The van der Waals surface area contributed by atoms with Crippen LogP contribution in [0.25, 0.3) is 22.3 Å². The number of aryl methyl sites for hydroxylation is 2. The Labute approximate surface area is 120 Å². The van der Waals surface area contributed by atoms with Crippen LogP contribution in [0.5, 0.6) is 11.5 Å². The topological polar surface area (TPSA) is 70.7 Å². The van der Waals surface area contributed by atoms with Crippen LogP contribution in [-0.4, -0.2) is 10.2 Å². The van der Waals surface area contributed by atoms with E-state index in [4.69, 9.17) is 4.42 Å². The molecule has 0 saturated heterocycles. The number of phenolic OH excluding ortho intramolecular Hbond substituents is 1. The SMILES string of the molecule is Cc1ccc(-c2oc3cc(O)ccc3c(=O)c2O)cc1C. The van der Waals surface area contributed by atoms with E-state index in [1.165, 1.54) is 18.2 Å². The summed E-state index contributed by atoms with van der Waals surface area (Å²) in [6.07, 6.45) is 0. The third-order valence-electron chi connectivity index (χ3n) is 3.62. The van der Waals surface area contributed by atoms with Gasteiger partial charge in [-0.25, -0.2) is 0 Å². The van der Waals surface area contributed by atoms with E-state index in [9.17, 15) is 15.0 Å². The Morgan fingerprint density at radius 2 is 1.71 bits per heavy atom. The van der Waals surface area contributed by atoms with E-state index in [1.54, 1.807) is 6.07 Å². The number of hydrogen-bond donors (Lipinski definition) is 2. The molecular weight excluding hydrogens is 268 g/mol. The van der Waals surface area contributed by atoms with Crippen molar-refractivity contribution in [2.45, 2.75) is 13.8 Å². The zero-order valence-corrected chi connectivity index (χ0v) is 11.7. The highest BCUT2D eigenvalue weighted by Crippen LogP contribution is 2.31. The first kappa shape index (κ1) is 13.2. The molecule has 0 fully saturated rings. The molecule has 0 radical (unpaired) electrons. The molecule has 4 nitrogen and oxygen atoms in total. The van der Waals surface area contributed by atoms with Gasteiger partial charge < -0.3 is 14.6 Å². The molecule has 2 aromatic carbocycles. The van der Waals surface area contributed by atoms with Crippen LogP contribution in [0.3, 0.4) is 0 Å². The first-order chi connectivity index (χ1) is 9.97. The van der Waals surface area contributed by atoms with Crippen LogP contribution < -0.4 is 5.43 Å². The average Bonchev–Trinajstić information content (AvgIpc) is 2.45. The van der Waals surface area contributed by atoms with Gasteiger partial charge in [-0.3, -0.25) is 4.79 Å². The molecule has 0 aliphatic rings. The summed E-state index contributed by atoms with van der Waals surface area (Å²) < 4.78 is 5.63. The fourth-order valence-electron chi connectivity index (χ4n) is 2.25. The second-order valence-electron chi connectivity index (χ2n) is 5.09. The van der Waals surface area contributed by atoms with Crippen LogP contribution in [0.1, 0.15) is 11.1 Å². The maximum atomic E-state index is 12.2. The summed E-state index contributed by atoms with van der Waals surface area (Å²) in [7, 11) is 0. The summed E-state index contributed by atoms with van der Waals surface area (Å²) in [5, 5.41) is 19.9. The summed E-state index contributed by atoms with van der Waals surface area (Å²) in [6, 6.07) is 9.71. The largest absolute Gasteiger partial charge is 0.508 e. The van der Waals surface area contributed by atoms with Gasteiger partial charge in [0.25, 0.3) is 0 Å². The lowest BCUT2D eigenvalue weighted by molar-refractivity contribution is 0.447. The molecule has 1 aromatic heterocycles. The molecule has 3 aromatic rings. The van der Waals surface area contributed by atoms with Crippen molar-refractivity contribution in [2.24, 2.45) is 0 Å². The molecule has 1 heterocycles. The molecule has 0 saturated carbocycles. The highest BCUT2D eigenvalue weighted by atomic mass is 16.4. The van der Waals surface area contributed by atoms with Crippen molar-refractivity contribution >= 4 is 11.0 Å². The third kappa shape index (κ3) is 2.14. The highest BCUT2D eigenvalue weighted by molar-refractivity contribution is 5.82. The normalized spacial score (nSPS) is 11.0. The monoisotopic (exact) mass is 282 g/mol. The van der Waals surface area contributed by atoms with Gasteiger partial charge in [-0.2, -0.15) is 0 Å². The molecule has 2 N–H and O–H groups in total. The second kappa shape index (κ2) is 4.66. The van der Waals surface area contributed by atoms with Crippen molar-refractivity contribution in [1.82, 2.24) is 0 Å². The quantitative estimate of drug-likeness (QED) is 0.716. The zero-order valence-electron chi connectivity index (χ0n) is 11.7. The summed E-state index contributed by atoms with van der Waals surface area (Å²) in [5.74, 6) is -0.306. The van der Waals surface area contributed by atoms with Crippen molar-refractivity contribution in [2.75, 3.05) is 0 Å². The standard InChI is InChI=1S/C17H14O4/c1-9-3-4-11(7-10(9)2)17-16(20)15(19)13-6-5-12(18)8-14(13)21-17/h3-8,18,20H,1-2H3. The number of hydrogen-bond acceptors (Lipinski definition) is 4. The lowest BCUT2D eigenvalue weighted by Gasteiger charge is -2.08. The number of aromatic hydroxyl groups is 2. The Morgan fingerprint density at radius 1 is 0.952 bits per heavy atom. The molecule has 0 amide bonds. The summed E-state index contributed by atoms with van der Waals surface area (Å²) in [4.78, 5) is 12.2. The number of rotatable bonds is 1. The van der Waals surface area contributed by atoms with Crippen molar-refractivity contribution in [3.63, 3.8) is 0 Å². The maximum Gasteiger partial charge on any atom is 0.235 e. The predicted octanol–water partition coefficient (Wildman–Crippen LogP) is 3.49. The summed E-state index contributed by atoms with van der Waals surface area (Å²) >= 11 is 0. The Morgan fingerprint density at radius 3 is 2.43 bits per heavy atom. The van der Waals surface area contributed by atoms with Gasteiger partial charge in [0.15, 0.2) is 5.76 Å². The second-order valence-corrected chi connectivity index (χ2v) is 5.09. The van der Waals surface area contributed by atoms with E-state index < -0.39 is 11.2 Å². The van der Waals surface area contributed by atoms with E-state index in [2.05, 4.69) is 0 Å². The number of phenols is 1. The van der Waals surface area contributed by atoms with Crippen molar-refractivity contribution in [3.05, 3.63) is 57.7 Å². The Hall–Kier alpha value is -2.75.